The van der Waals surface area contributed by atoms with Crippen LogP contribution in [0.4, 0.5) is 4.79 Å². The van der Waals surface area contributed by atoms with Gasteiger partial charge in [0.15, 0.2) is 23.6 Å². The van der Waals surface area contributed by atoms with Gasteiger partial charge in [0.2, 0.25) is 0 Å². The number of ketones is 1. The Kier molecular flexibility index (Phi) is 11.8. The fourth-order valence-electron chi connectivity index (χ4n) is 11.2. The smallest absolute Gasteiger partial charge is 0.413 e. The van der Waals surface area contributed by atoms with Gasteiger partial charge in [0.1, 0.15) is 41.3 Å². The largest absolute Gasteiger partial charge is 0.456 e. The van der Waals surface area contributed by atoms with Gasteiger partial charge < -0.3 is 38.3 Å². The summed E-state index contributed by atoms with van der Waals surface area (Å²) in [5, 5.41) is 13.9. The number of hydrogen-bond acceptors (Lipinski definition) is 14. The van der Waals surface area contributed by atoms with E-state index in [0.29, 0.717) is 11.1 Å². The molecule has 2 bridgehead atoms. The minimum atomic E-state index is -2.25. The molecule has 0 aromatic heterocycles. The van der Waals surface area contributed by atoms with Gasteiger partial charge >= 0.3 is 30.0 Å². The summed E-state index contributed by atoms with van der Waals surface area (Å²) in [4.78, 5) is 86.7. The van der Waals surface area contributed by atoms with Gasteiger partial charge in [-0.05, 0) is 82.7 Å². The first-order chi connectivity index (χ1) is 29.7. The Morgan fingerprint density at radius 2 is 1.47 bits per heavy atom. The highest BCUT2D eigenvalue weighted by atomic mass is 16.6. The number of ether oxygens (including phenoxy) is 7. The van der Waals surface area contributed by atoms with Crippen molar-refractivity contribution in [3.05, 3.63) is 82.9 Å². The van der Waals surface area contributed by atoms with Crippen molar-refractivity contribution in [3.63, 3.8) is 0 Å². The van der Waals surface area contributed by atoms with Crippen molar-refractivity contribution in [1.29, 1.82) is 0 Å². The van der Waals surface area contributed by atoms with Crippen molar-refractivity contribution in [2.45, 2.75) is 155 Å². The van der Waals surface area contributed by atoms with Gasteiger partial charge in [0.05, 0.1) is 18.1 Å². The van der Waals surface area contributed by atoms with E-state index in [0.717, 1.165) is 0 Å². The number of benzene rings is 2. The average Bonchev–Trinajstić information content (AvgIpc) is 3.49. The molecule has 5 aliphatic rings. The van der Waals surface area contributed by atoms with Crippen LogP contribution in [0.3, 0.4) is 0 Å². The molecule has 4 fully saturated rings. The van der Waals surface area contributed by atoms with E-state index in [9.17, 15) is 29.1 Å². The molecule has 346 valence electrons. The molecule has 15 nitrogen and oxygen atoms in total. The van der Waals surface area contributed by atoms with Gasteiger partial charge in [-0.1, -0.05) is 76.2 Å². The van der Waals surface area contributed by atoms with E-state index in [4.69, 9.17) is 33.2 Å². The highest BCUT2D eigenvalue weighted by Gasteiger charge is 2.78. The molecule has 2 heterocycles. The topological polar surface area (TPSA) is 190 Å². The summed E-state index contributed by atoms with van der Waals surface area (Å²) in [5.41, 5.74) is -8.10. The third-order valence-electron chi connectivity index (χ3n) is 14.4. The van der Waals surface area contributed by atoms with Crippen LogP contribution in [0, 0.1) is 22.7 Å². The van der Waals surface area contributed by atoms with Gasteiger partial charge in [0, 0.05) is 31.1 Å². The van der Waals surface area contributed by atoms with Gasteiger partial charge in [-0.3, -0.25) is 19.3 Å². The average molecular weight is 888 g/mol. The van der Waals surface area contributed by atoms with Crippen LogP contribution in [0.2, 0.25) is 0 Å². The molecule has 3 aliphatic carbocycles. The molecule has 7 rings (SSSR count). The van der Waals surface area contributed by atoms with Gasteiger partial charge in [-0.25, -0.2) is 14.4 Å². The number of Topliss-reactive ketones (excluding diaryl/α,β-unsaturated/α-hetero) is 1. The summed E-state index contributed by atoms with van der Waals surface area (Å²) < 4.78 is 43.6. The highest BCUT2D eigenvalue weighted by Crippen LogP contribution is 2.66. The van der Waals surface area contributed by atoms with Gasteiger partial charge in [0.25, 0.3) is 0 Å². The van der Waals surface area contributed by atoms with Crippen LogP contribution in [-0.2, 0) is 52.3 Å². The molecule has 1 amide bonds. The number of nitrogens with zero attached hydrogens (tertiary/aromatic N) is 1. The summed E-state index contributed by atoms with van der Waals surface area (Å²) in [7, 11) is 0. The number of amides is 1. The highest BCUT2D eigenvalue weighted by molar-refractivity contribution is 5.95. The minimum absolute atomic E-state index is 0.150. The lowest BCUT2D eigenvalue weighted by atomic mass is 9.43. The molecule has 2 aromatic rings. The number of esters is 4. The zero-order valence-electron chi connectivity index (χ0n) is 38.7. The normalized spacial score (nSPS) is 35.0. The van der Waals surface area contributed by atoms with Crippen LogP contribution < -0.4 is 0 Å². The van der Waals surface area contributed by atoms with Crippen LogP contribution in [0.15, 0.2) is 71.8 Å². The Morgan fingerprint density at radius 1 is 0.859 bits per heavy atom. The van der Waals surface area contributed by atoms with E-state index in [1.54, 1.807) is 123 Å². The lowest BCUT2D eigenvalue weighted by molar-refractivity contribution is -0.340. The van der Waals surface area contributed by atoms with E-state index in [1.165, 1.54) is 18.7 Å². The molecule has 2 unspecified atom stereocenters. The maximum atomic E-state index is 15.8. The van der Waals surface area contributed by atoms with E-state index in [1.807, 2.05) is 6.92 Å². The molecule has 2 aromatic carbocycles. The number of aliphatic hydroxyl groups is 1. The van der Waals surface area contributed by atoms with E-state index in [2.05, 4.69) is 0 Å². The van der Waals surface area contributed by atoms with Crippen LogP contribution in [0.1, 0.15) is 118 Å². The number of hydrogen-bond donors (Lipinski definition) is 1. The predicted molar refractivity (Wildman–Crippen MR) is 228 cm³/mol. The molecule has 2 saturated heterocycles. The molecule has 11 atom stereocenters. The standard InChI is InChI=1S/C49H61NO14/c1-26-23-33-48(25-58-33,62-29(4)52)38-40(61-41(54)31-21-17-14-18-22-31)49(57)24-32(27(2)34(45(49,8)9)36(59-28(3)51)39(53)47(26,38)12)60-42(55)37-35(30-19-15-13-16-20-30)50(46(10,11)63-37)43(56)64-44(5,6)7/h13-22,26,32-33,35-38,40,57H,23-25H2,1-12H3/t26-,32-,33+,35+,36+,37+,38?,40?,47+,48-,49+/m0/s1. The first-order valence-electron chi connectivity index (χ1n) is 21.9. The van der Waals surface area contributed by atoms with Crippen molar-refractivity contribution in [2.24, 2.45) is 22.7 Å². The molecular formula is C49H61NO14. The monoisotopic (exact) mass is 887 g/mol. The van der Waals surface area contributed by atoms with Crippen LogP contribution in [-0.4, -0.2) is 105 Å². The summed E-state index contributed by atoms with van der Waals surface area (Å²) in [5.74, 6) is -5.63. The third kappa shape index (κ3) is 7.50. The molecule has 0 spiro atoms. The zero-order valence-corrected chi connectivity index (χ0v) is 38.7. The second kappa shape index (κ2) is 16.1. The molecule has 15 heteroatoms. The zero-order chi connectivity index (χ0) is 47.1. The number of carbonyl (C=O) groups excluding carboxylic acids is 6. The van der Waals surface area contributed by atoms with Crippen molar-refractivity contribution in [1.82, 2.24) is 4.90 Å². The van der Waals surface area contributed by atoms with Crippen LogP contribution in [0.25, 0.3) is 0 Å². The second-order valence-corrected chi connectivity index (χ2v) is 20.3. The Hall–Kier alpha value is -5.12. The van der Waals surface area contributed by atoms with Crippen molar-refractivity contribution in [2.75, 3.05) is 6.61 Å². The SMILES string of the molecule is CC(=O)O[C@H]1C(=O)[C@@]2(C)C(C(OC(=O)c3ccccc3)[C@]3(O)C[C@H](OC(=O)[C@@H]4OC(C)(C)N(C(=O)OC(C)(C)C)[C@@H]4c4ccccc4)C(C)=C1C3(C)C)[C@]1(OC(C)=O)CO[C@@H]1C[C@@H]2C. The van der Waals surface area contributed by atoms with Crippen molar-refractivity contribution < 1.29 is 67.0 Å². The van der Waals surface area contributed by atoms with E-state index < -0.39 is 124 Å². The summed E-state index contributed by atoms with van der Waals surface area (Å²) in [6.45, 7) is 19.1. The Morgan fingerprint density at radius 3 is 2.02 bits per heavy atom. The van der Waals surface area contributed by atoms with Gasteiger partial charge in [-0.15, -0.1) is 0 Å². The maximum Gasteiger partial charge on any atom is 0.413 e. The third-order valence-corrected chi connectivity index (χ3v) is 14.4. The van der Waals surface area contributed by atoms with Crippen molar-refractivity contribution in [3.8, 4) is 0 Å². The number of carbonyl (C=O) groups is 6. The first-order valence-corrected chi connectivity index (χ1v) is 21.9. The van der Waals surface area contributed by atoms with E-state index >= 15 is 4.79 Å². The molecule has 0 radical (unpaired) electrons. The van der Waals surface area contributed by atoms with Crippen LogP contribution >= 0.6 is 0 Å². The first kappa shape index (κ1) is 46.9. The summed E-state index contributed by atoms with van der Waals surface area (Å²) in [6.07, 6.45) is -7.70. The Balaban J connectivity index is 1.42. The molecular weight excluding hydrogens is 827 g/mol. The Bertz CT molecular complexity index is 2250. The fraction of sp³-hybridized carbons (Fsp3) is 0.592. The second-order valence-electron chi connectivity index (χ2n) is 20.3. The Labute approximate surface area is 374 Å². The summed E-state index contributed by atoms with van der Waals surface area (Å²) in [6, 6.07) is 15.9. The lowest BCUT2D eigenvalue weighted by Crippen LogP contribution is -2.80. The van der Waals surface area contributed by atoms with Gasteiger partial charge in [-0.2, -0.15) is 0 Å². The minimum Gasteiger partial charge on any atom is -0.456 e. The van der Waals surface area contributed by atoms with E-state index in [-0.39, 0.29) is 24.2 Å². The quantitative estimate of drug-likeness (QED) is 0.178. The molecule has 64 heavy (non-hydrogen) atoms. The number of fused-ring (bicyclic) bond motifs is 5. The fourth-order valence-corrected chi connectivity index (χ4v) is 11.2. The molecule has 2 aliphatic heterocycles. The molecule has 2 saturated carbocycles. The summed E-state index contributed by atoms with van der Waals surface area (Å²) >= 11 is 0. The lowest BCUT2D eigenvalue weighted by Gasteiger charge is -2.68. The predicted octanol–water partition coefficient (Wildman–Crippen LogP) is 6.59. The number of rotatable bonds is 7. The maximum absolute atomic E-state index is 15.8. The van der Waals surface area contributed by atoms with Crippen LogP contribution in [0.5, 0.6) is 0 Å². The molecule has 1 N–H and O–H groups in total. The van der Waals surface area contributed by atoms with Crippen molar-refractivity contribution >= 4 is 35.8 Å².